The van der Waals surface area contributed by atoms with Crippen molar-refractivity contribution >= 4 is 65.0 Å². The molecule has 0 amide bonds. The topological polar surface area (TPSA) is 32.9 Å². The third-order valence-electron chi connectivity index (χ3n) is 8.84. The van der Waals surface area contributed by atoms with Crippen LogP contribution in [0, 0.1) is 0 Å². The van der Waals surface area contributed by atoms with Gasteiger partial charge >= 0.3 is 0 Å². The van der Waals surface area contributed by atoms with Gasteiger partial charge in [0, 0.05) is 54.8 Å². The van der Waals surface area contributed by atoms with Gasteiger partial charge in [0.15, 0.2) is 12.0 Å². The van der Waals surface area contributed by atoms with Gasteiger partial charge in [-0.15, -0.1) is 11.3 Å². The van der Waals surface area contributed by atoms with Crippen LogP contribution in [0.2, 0.25) is 0 Å². The van der Waals surface area contributed by atoms with E-state index in [9.17, 15) is 0 Å². The van der Waals surface area contributed by atoms with Crippen molar-refractivity contribution in [3.05, 3.63) is 162 Å². The van der Waals surface area contributed by atoms with Crippen molar-refractivity contribution in [3.8, 4) is 5.69 Å². The molecule has 0 saturated heterocycles. The van der Waals surface area contributed by atoms with Gasteiger partial charge in [0.2, 0.25) is 0 Å². The number of fused-ring (bicyclic) bond motifs is 6. The number of aliphatic imine (C=N–C) groups is 2. The van der Waals surface area contributed by atoms with E-state index in [2.05, 4.69) is 138 Å². The Balaban J connectivity index is 1.17. The summed E-state index contributed by atoms with van der Waals surface area (Å²) in [5.41, 5.74) is 6.88. The number of nitrogens with zero attached hydrogens (tertiary/aromatic N) is 4. The molecule has 5 heteroatoms. The summed E-state index contributed by atoms with van der Waals surface area (Å²) in [6.07, 6.45) is -0.198. The van der Waals surface area contributed by atoms with E-state index < -0.39 is 0 Å². The first-order valence-corrected chi connectivity index (χ1v) is 16.0. The van der Waals surface area contributed by atoms with E-state index in [0.717, 1.165) is 28.4 Å². The van der Waals surface area contributed by atoms with E-state index in [4.69, 9.17) is 9.98 Å². The Hall–Kier alpha value is -5.52. The molecular formula is C40H28N4S. The molecule has 1 atom stereocenters. The fraction of sp³-hybridized carbons (Fsp3) is 0.0500. The lowest BCUT2D eigenvalue weighted by atomic mass is 10.1. The van der Waals surface area contributed by atoms with Crippen molar-refractivity contribution in [2.24, 2.45) is 9.98 Å². The van der Waals surface area contributed by atoms with Crippen molar-refractivity contribution in [1.29, 1.82) is 0 Å². The van der Waals surface area contributed by atoms with Gasteiger partial charge in [-0.25, -0.2) is 9.98 Å². The van der Waals surface area contributed by atoms with Crippen molar-refractivity contribution in [1.82, 2.24) is 9.47 Å². The molecule has 0 aliphatic carbocycles. The molecule has 0 radical (unpaired) electrons. The quantitative estimate of drug-likeness (QED) is 0.199. The molecule has 0 fully saturated rings. The normalized spacial score (nSPS) is 15.2. The van der Waals surface area contributed by atoms with Crippen LogP contribution in [0.25, 0.3) is 47.7 Å². The van der Waals surface area contributed by atoms with Gasteiger partial charge in [-0.05, 0) is 35.9 Å². The van der Waals surface area contributed by atoms with Crippen LogP contribution in [0.1, 0.15) is 22.9 Å². The van der Waals surface area contributed by atoms with Gasteiger partial charge < -0.3 is 9.47 Å². The van der Waals surface area contributed by atoms with E-state index in [1.54, 1.807) is 0 Å². The molecule has 9 rings (SSSR count). The second-order valence-electron chi connectivity index (χ2n) is 11.5. The third kappa shape index (κ3) is 4.20. The van der Waals surface area contributed by atoms with Crippen LogP contribution in [-0.4, -0.2) is 28.2 Å². The number of rotatable bonds is 4. The van der Waals surface area contributed by atoms with Crippen LogP contribution in [0.3, 0.4) is 0 Å². The molecule has 45 heavy (non-hydrogen) atoms. The molecule has 1 aliphatic rings. The lowest BCUT2D eigenvalue weighted by molar-refractivity contribution is 0.383. The SMILES string of the molecule is CN1C(c2ccccc2)=NC(c2ccccc2)=NC1c1ccc2c(c1)sc1cc(-n3c4ccccc4c4ccccc43)ccc12. The third-order valence-corrected chi connectivity index (χ3v) is 9.95. The average Bonchev–Trinajstić information content (AvgIpc) is 3.64. The summed E-state index contributed by atoms with van der Waals surface area (Å²) in [7, 11) is 2.09. The molecule has 214 valence electrons. The minimum Gasteiger partial charge on any atom is -0.333 e. The maximum absolute atomic E-state index is 5.20. The molecule has 0 bridgehead atoms. The first kappa shape index (κ1) is 25.9. The molecule has 0 spiro atoms. The standard InChI is InChI=1S/C40H28N4S/c1-43-39(27-14-6-3-7-15-27)41-38(26-12-4-2-5-13-26)42-40(43)28-20-22-32-33-23-21-29(25-37(33)45-36(32)24-28)44-34-18-10-8-16-30(34)31-17-9-11-19-35(31)44/h2-25,40H,1H3. The van der Waals surface area contributed by atoms with Crippen LogP contribution in [-0.2, 0) is 0 Å². The molecule has 3 heterocycles. The van der Waals surface area contributed by atoms with E-state index in [1.165, 1.54) is 47.7 Å². The highest BCUT2D eigenvalue weighted by atomic mass is 32.1. The second kappa shape index (κ2) is 10.3. The van der Waals surface area contributed by atoms with Gasteiger partial charge in [0.05, 0.1) is 11.0 Å². The smallest absolute Gasteiger partial charge is 0.159 e. The van der Waals surface area contributed by atoms with Gasteiger partial charge in [0.25, 0.3) is 0 Å². The van der Waals surface area contributed by atoms with Crippen LogP contribution in [0.5, 0.6) is 0 Å². The molecule has 1 unspecified atom stereocenters. The summed E-state index contributed by atoms with van der Waals surface area (Å²) in [5, 5.41) is 5.11. The summed E-state index contributed by atoms with van der Waals surface area (Å²) in [6.45, 7) is 0. The highest BCUT2D eigenvalue weighted by molar-refractivity contribution is 7.25. The Kier molecular flexibility index (Phi) is 5.93. The van der Waals surface area contributed by atoms with Crippen LogP contribution in [0.4, 0.5) is 0 Å². The Bertz CT molecular complexity index is 2400. The molecule has 6 aromatic carbocycles. The number of hydrogen-bond acceptors (Lipinski definition) is 4. The molecule has 1 aliphatic heterocycles. The Morgan fingerprint density at radius 1 is 0.556 bits per heavy atom. The van der Waals surface area contributed by atoms with E-state index in [-0.39, 0.29) is 6.17 Å². The van der Waals surface area contributed by atoms with E-state index in [1.807, 2.05) is 35.6 Å². The van der Waals surface area contributed by atoms with E-state index in [0.29, 0.717) is 0 Å². The number of amidine groups is 2. The lowest BCUT2D eigenvalue weighted by Crippen LogP contribution is -2.35. The minimum absolute atomic E-state index is 0.198. The monoisotopic (exact) mass is 596 g/mol. The minimum atomic E-state index is -0.198. The highest BCUT2D eigenvalue weighted by Gasteiger charge is 2.27. The molecule has 8 aromatic rings. The summed E-state index contributed by atoms with van der Waals surface area (Å²) < 4.78 is 4.93. The fourth-order valence-corrected chi connectivity index (χ4v) is 7.88. The predicted octanol–water partition coefficient (Wildman–Crippen LogP) is 9.99. The van der Waals surface area contributed by atoms with Crippen LogP contribution in [0.15, 0.2) is 156 Å². The van der Waals surface area contributed by atoms with Crippen molar-refractivity contribution in [2.45, 2.75) is 6.17 Å². The van der Waals surface area contributed by atoms with Gasteiger partial charge in [-0.1, -0.05) is 115 Å². The molecule has 2 aromatic heterocycles. The largest absolute Gasteiger partial charge is 0.333 e. The van der Waals surface area contributed by atoms with Crippen LogP contribution >= 0.6 is 11.3 Å². The number of aromatic nitrogens is 1. The second-order valence-corrected chi connectivity index (χ2v) is 12.6. The maximum Gasteiger partial charge on any atom is 0.159 e. The summed E-state index contributed by atoms with van der Waals surface area (Å²) in [4.78, 5) is 12.4. The predicted molar refractivity (Wildman–Crippen MR) is 190 cm³/mol. The van der Waals surface area contributed by atoms with Crippen molar-refractivity contribution in [3.63, 3.8) is 0 Å². The zero-order chi connectivity index (χ0) is 29.9. The Morgan fingerprint density at radius 3 is 1.82 bits per heavy atom. The number of benzene rings is 6. The van der Waals surface area contributed by atoms with Gasteiger partial charge in [-0.2, -0.15) is 0 Å². The Labute approximate surface area is 264 Å². The van der Waals surface area contributed by atoms with Crippen molar-refractivity contribution < 1.29 is 0 Å². The summed E-state index contributed by atoms with van der Waals surface area (Å²) in [6, 6.07) is 51.7. The van der Waals surface area contributed by atoms with Gasteiger partial charge in [-0.3, -0.25) is 0 Å². The van der Waals surface area contributed by atoms with Crippen molar-refractivity contribution in [2.75, 3.05) is 7.05 Å². The zero-order valence-corrected chi connectivity index (χ0v) is 25.4. The fourth-order valence-electron chi connectivity index (χ4n) is 6.69. The zero-order valence-electron chi connectivity index (χ0n) is 24.6. The first-order valence-electron chi connectivity index (χ1n) is 15.2. The van der Waals surface area contributed by atoms with Gasteiger partial charge in [0.1, 0.15) is 5.84 Å². The number of thiophene rings is 1. The molecule has 0 saturated carbocycles. The Morgan fingerprint density at radius 2 is 1.13 bits per heavy atom. The number of hydrogen-bond donors (Lipinski definition) is 0. The summed E-state index contributed by atoms with van der Waals surface area (Å²) in [5.74, 6) is 1.67. The highest BCUT2D eigenvalue weighted by Crippen LogP contribution is 2.39. The first-order chi connectivity index (χ1) is 22.2. The molecular weight excluding hydrogens is 569 g/mol. The summed E-state index contributed by atoms with van der Waals surface area (Å²) >= 11 is 1.85. The van der Waals surface area contributed by atoms with Crippen LogP contribution < -0.4 is 0 Å². The number of para-hydroxylation sites is 2. The maximum atomic E-state index is 5.20. The van der Waals surface area contributed by atoms with E-state index >= 15 is 0 Å². The average molecular weight is 597 g/mol. The lowest BCUT2D eigenvalue weighted by Gasteiger charge is -2.32. The molecule has 0 N–H and O–H groups in total. The molecule has 4 nitrogen and oxygen atoms in total.